The quantitative estimate of drug-likeness (QED) is 0.611. The lowest BCUT2D eigenvalue weighted by atomic mass is 10.2. The zero-order chi connectivity index (χ0) is 10.9. The first-order valence-electron chi connectivity index (χ1n) is 5.38. The number of nitrogens with one attached hydrogen (secondary N) is 1. The monoisotopic (exact) mass is 241 g/mol. The summed E-state index contributed by atoms with van der Waals surface area (Å²) < 4.78 is 5.55. The third kappa shape index (κ3) is 6.49. The highest BCUT2D eigenvalue weighted by Crippen LogP contribution is 2.11. The first-order valence-corrected chi connectivity index (χ1v) is 5.38. The van der Waals surface area contributed by atoms with Crippen molar-refractivity contribution < 1.29 is 4.74 Å². The predicted molar refractivity (Wildman–Crippen MR) is 71.6 cm³/mol. The SMILES string of the molecule is CCNC/C=C/COc1cccc(C)c1.Cl. The molecule has 0 aliphatic heterocycles. The molecule has 90 valence electrons. The standard InChI is InChI=1S/C13H19NO.ClH/c1-3-14-9-4-5-10-15-13-8-6-7-12(2)11-13;/h4-8,11,14H,3,9-10H2,1-2H3;1H/b5-4+;. The molecule has 3 heteroatoms. The van der Waals surface area contributed by atoms with Crippen molar-refractivity contribution in [3.05, 3.63) is 42.0 Å². The van der Waals surface area contributed by atoms with Gasteiger partial charge in [0.1, 0.15) is 12.4 Å². The highest BCUT2D eigenvalue weighted by molar-refractivity contribution is 5.85. The summed E-state index contributed by atoms with van der Waals surface area (Å²) in [5.41, 5.74) is 1.23. The first kappa shape index (κ1) is 15.0. The summed E-state index contributed by atoms with van der Waals surface area (Å²) >= 11 is 0. The van der Waals surface area contributed by atoms with Gasteiger partial charge in [0, 0.05) is 6.54 Å². The van der Waals surface area contributed by atoms with Gasteiger partial charge in [0.2, 0.25) is 0 Å². The molecule has 0 amide bonds. The Balaban J connectivity index is 0.00000225. The fraction of sp³-hybridized carbons (Fsp3) is 0.385. The second-order valence-corrected chi connectivity index (χ2v) is 3.41. The highest BCUT2D eigenvalue weighted by atomic mass is 35.5. The summed E-state index contributed by atoms with van der Waals surface area (Å²) in [4.78, 5) is 0. The van der Waals surface area contributed by atoms with Crippen molar-refractivity contribution in [3.8, 4) is 5.75 Å². The molecule has 0 aromatic heterocycles. The van der Waals surface area contributed by atoms with Crippen LogP contribution in [0.3, 0.4) is 0 Å². The second-order valence-electron chi connectivity index (χ2n) is 3.41. The highest BCUT2D eigenvalue weighted by Gasteiger charge is 1.90. The third-order valence-corrected chi connectivity index (χ3v) is 2.01. The fourth-order valence-corrected chi connectivity index (χ4v) is 1.23. The number of ether oxygens (including phenoxy) is 1. The Hall–Kier alpha value is -0.990. The molecule has 0 fully saturated rings. The van der Waals surface area contributed by atoms with E-state index in [2.05, 4.69) is 31.3 Å². The third-order valence-electron chi connectivity index (χ3n) is 2.01. The van der Waals surface area contributed by atoms with E-state index in [9.17, 15) is 0 Å². The summed E-state index contributed by atoms with van der Waals surface area (Å²) in [7, 11) is 0. The number of hydrogen-bond acceptors (Lipinski definition) is 2. The van der Waals surface area contributed by atoms with E-state index in [0.29, 0.717) is 6.61 Å². The maximum absolute atomic E-state index is 5.55. The molecule has 16 heavy (non-hydrogen) atoms. The van der Waals surface area contributed by atoms with Crippen LogP contribution in [0.2, 0.25) is 0 Å². The number of likely N-dealkylation sites (N-methyl/N-ethyl adjacent to an activating group) is 1. The summed E-state index contributed by atoms with van der Waals surface area (Å²) in [6.45, 7) is 6.70. The maximum atomic E-state index is 5.55. The van der Waals surface area contributed by atoms with Crippen molar-refractivity contribution >= 4 is 12.4 Å². The van der Waals surface area contributed by atoms with Crippen LogP contribution in [-0.4, -0.2) is 19.7 Å². The summed E-state index contributed by atoms with van der Waals surface area (Å²) in [5, 5.41) is 3.21. The Labute approximate surface area is 104 Å². The largest absolute Gasteiger partial charge is 0.490 e. The molecule has 0 atom stereocenters. The van der Waals surface area contributed by atoms with Gasteiger partial charge in [0.15, 0.2) is 0 Å². The van der Waals surface area contributed by atoms with Crippen molar-refractivity contribution in [3.63, 3.8) is 0 Å². The molecular weight excluding hydrogens is 222 g/mol. The van der Waals surface area contributed by atoms with E-state index in [0.717, 1.165) is 18.8 Å². The number of hydrogen-bond donors (Lipinski definition) is 1. The molecule has 0 saturated heterocycles. The Bertz CT molecular complexity index is 313. The Morgan fingerprint density at radius 1 is 1.31 bits per heavy atom. The lowest BCUT2D eigenvalue weighted by Gasteiger charge is -2.03. The van der Waals surface area contributed by atoms with Crippen LogP contribution in [-0.2, 0) is 0 Å². The molecule has 1 aromatic rings. The predicted octanol–water partition coefficient (Wildman–Crippen LogP) is 2.96. The van der Waals surface area contributed by atoms with Gasteiger partial charge in [0.05, 0.1) is 0 Å². The van der Waals surface area contributed by atoms with Crippen LogP contribution in [0.4, 0.5) is 0 Å². The van der Waals surface area contributed by atoms with E-state index in [4.69, 9.17) is 4.74 Å². The Morgan fingerprint density at radius 2 is 2.12 bits per heavy atom. The molecule has 0 spiro atoms. The molecule has 0 aliphatic rings. The first-order chi connectivity index (χ1) is 7.33. The van der Waals surface area contributed by atoms with Gasteiger partial charge in [-0.3, -0.25) is 0 Å². The molecule has 0 unspecified atom stereocenters. The molecule has 2 nitrogen and oxygen atoms in total. The zero-order valence-corrected chi connectivity index (χ0v) is 10.7. The molecule has 0 bridgehead atoms. The lowest BCUT2D eigenvalue weighted by Crippen LogP contribution is -2.11. The van der Waals surface area contributed by atoms with Gasteiger partial charge < -0.3 is 10.1 Å². The zero-order valence-electron chi connectivity index (χ0n) is 9.90. The van der Waals surface area contributed by atoms with Gasteiger partial charge in [-0.15, -0.1) is 12.4 Å². The van der Waals surface area contributed by atoms with Gasteiger partial charge >= 0.3 is 0 Å². The van der Waals surface area contributed by atoms with Crippen molar-refractivity contribution in [2.75, 3.05) is 19.7 Å². The summed E-state index contributed by atoms with van der Waals surface area (Å²) in [6, 6.07) is 8.09. The van der Waals surface area contributed by atoms with Gasteiger partial charge in [-0.05, 0) is 31.2 Å². The van der Waals surface area contributed by atoms with Gasteiger partial charge in [-0.1, -0.05) is 31.2 Å². The van der Waals surface area contributed by atoms with Crippen LogP contribution in [0, 0.1) is 6.92 Å². The molecule has 0 saturated carbocycles. The van der Waals surface area contributed by atoms with E-state index < -0.39 is 0 Å². The minimum atomic E-state index is 0. The Morgan fingerprint density at radius 3 is 2.81 bits per heavy atom. The lowest BCUT2D eigenvalue weighted by molar-refractivity contribution is 0.362. The minimum absolute atomic E-state index is 0. The van der Waals surface area contributed by atoms with Crippen molar-refractivity contribution in [1.29, 1.82) is 0 Å². The smallest absolute Gasteiger partial charge is 0.120 e. The summed E-state index contributed by atoms with van der Waals surface area (Å²) in [5.74, 6) is 0.933. The van der Waals surface area contributed by atoms with Crippen LogP contribution < -0.4 is 10.1 Å². The van der Waals surface area contributed by atoms with E-state index in [-0.39, 0.29) is 12.4 Å². The van der Waals surface area contributed by atoms with E-state index >= 15 is 0 Å². The Kier molecular flexibility index (Phi) is 8.68. The van der Waals surface area contributed by atoms with Crippen LogP contribution in [0.25, 0.3) is 0 Å². The topological polar surface area (TPSA) is 21.3 Å². The maximum Gasteiger partial charge on any atom is 0.120 e. The summed E-state index contributed by atoms with van der Waals surface area (Å²) in [6.07, 6.45) is 4.12. The van der Waals surface area contributed by atoms with Gasteiger partial charge in [-0.2, -0.15) is 0 Å². The van der Waals surface area contributed by atoms with Crippen LogP contribution in [0.5, 0.6) is 5.75 Å². The molecule has 1 rings (SSSR count). The molecule has 1 N–H and O–H groups in total. The molecule has 0 aliphatic carbocycles. The minimum Gasteiger partial charge on any atom is -0.490 e. The van der Waals surface area contributed by atoms with Gasteiger partial charge in [-0.25, -0.2) is 0 Å². The number of aryl methyl sites for hydroxylation is 1. The fourth-order valence-electron chi connectivity index (χ4n) is 1.23. The van der Waals surface area contributed by atoms with E-state index in [1.807, 2.05) is 24.3 Å². The number of halogens is 1. The normalized spacial score (nSPS) is 10.1. The van der Waals surface area contributed by atoms with Crippen molar-refractivity contribution in [2.24, 2.45) is 0 Å². The number of benzene rings is 1. The van der Waals surface area contributed by atoms with Crippen LogP contribution in [0.15, 0.2) is 36.4 Å². The van der Waals surface area contributed by atoms with E-state index in [1.165, 1.54) is 5.56 Å². The average Bonchev–Trinajstić information content (AvgIpc) is 2.23. The molecule has 1 aromatic carbocycles. The van der Waals surface area contributed by atoms with Crippen molar-refractivity contribution in [1.82, 2.24) is 5.32 Å². The molecular formula is C13H20ClNO. The van der Waals surface area contributed by atoms with Crippen molar-refractivity contribution in [2.45, 2.75) is 13.8 Å². The molecule has 0 radical (unpaired) electrons. The van der Waals surface area contributed by atoms with E-state index in [1.54, 1.807) is 0 Å². The van der Waals surface area contributed by atoms with Crippen LogP contribution >= 0.6 is 12.4 Å². The van der Waals surface area contributed by atoms with Crippen LogP contribution in [0.1, 0.15) is 12.5 Å². The number of rotatable bonds is 6. The van der Waals surface area contributed by atoms with Gasteiger partial charge in [0.25, 0.3) is 0 Å². The average molecular weight is 242 g/mol. The second kappa shape index (κ2) is 9.25. The molecule has 0 heterocycles.